The summed E-state index contributed by atoms with van der Waals surface area (Å²) in [5.41, 5.74) is 2.11. The first-order chi connectivity index (χ1) is 12.3. The first-order valence-corrected chi connectivity index (χ1v) is 9.37. The van der Waals surface area contributed by atoms with E-state index >= 15 is 0 Å². The Morgan fingerprint density at radius 1 is 1.27 bits per heavy atom. The molecule has 0 saturated heterocycles. The molecule has 4 rings (SSSR count). The van der Waals surface area contributed by atoms with E-state index in [1.807, 2.05) is 32.0 Å². The Morgan fingerprint density at radius 3 is 2.85 bits per heavy atom. The van der Waals surface area contributed by atoms with E-state index in [4.69, 9.17) is 0 Å². The fourth-order valence-electron chi connectivity index (χ4n) is 3.61. The van der Waals surface area contributed by atoms with Gasteiger partial charge in [-0.3, -0.25) is 14.4 Å². The first kappa shape index (κ1) is 16.9. The third-order valence-electron chi connectivity index (χ3n) is 4.78. The summed E-state index contributed by atoms with van der Waals surface area (Å²) in [4.78, 5) is 42.1. The predicted molar refractivity (Wildman–Crippen MR) is 99.6 cm³/mol. The number of anilines is 2. The smallest absolute Gasteiger partial charge is 0.234 e. The first-order valence-electron chi connectivity index (χ1n) is 8.55. The highest BCUT2D eigenvalue weighted by Gasteiger charge is 2.35. The molecular formula is C19H19N3O3S. The Hall–Kier alpha value is -2.54. The molecule has 26 heavy (non-hydrogen) atoms. The van der Waals surface area contributed by atoms with Crippen LogP contribution in [-0.2, 0) is 16.0 Å². The van der Waals surface area contributed by atoms with Crippen molar-refractivity contribution in [2.45, 2.75) is 39.0 Å². The highest BCUT2D eigenvalue weighted by atomic mass is 32.1. The van der Waals surface area contributed by atoms with Gasteiger partial charge < -0.3 is 10.6 Å². The number of nitrogens with zero attached hydrogens (tertiary/aromatic N) is 1. The van der Waals surface area contributed by atoms with Gasteiger partial charge in [-0.2, -0.15) is 0 Å². The van der Waals surface area contributed by atoms with Gasteiger partial charge in [-0.15, -0.1) is 0 Å². The molecule has 0 spiro atoms. The van der Waals surface area contributed by atoms with Crippen LogP contribution in [0.3, 0.4) is 0 Å². The molecule has 6 nitrogen and oxygen atoms in total. The van der Waals surface area contributed by atoms with Gasteiger partial charge in [0, 0.05) is 18.5 Å². The Balaban J connectivity index is 1.59. The average Bonchev–Trinajstić information content (AvgIpc) is 2.95. The van der Waals surface area contributed by atoms with E-state index in [2.05, 4.69) is 15.6 Å². The second-order valence-corrected chi connectivity index (χ2v) is 8.62. The number of carbonyl (C=O) groups excluding carboxylic acids is 3. The van der Waals surface area contributed by atoms with Crippen LogP contribution in [0, 0.1) is 5.41 Å². The van der Waals surface area contributed by atoms with Gasteiger partial charge in [-0.05, 0) is 23.5 Å². The number of hydrogen-bond donors (Lipinski definition) is 2. The summed E-state index contributed by atoms with van der Waals surface area (Å²) in [6.07, 6.45) is 1.31. The number of thiazole rings is 1. The van der Waals surface area contributed by atoms with E-state index in [1.165, 1.54) is 11.3 Å². The minimum atomic E-state index is -0.562. The molecule has 0 fully saturated rings. The maximum atomic E-state index is 12.8. The molecule has 1 aliphatic heterocycles. The molecule has 2 N–H and O–H groups in total. The van der Waals surface area contributed by atoms with Crippen molar-refractivity contribution < 1.29 is 14.4 Å². The summed E-state index contributed by atoms with van der Waals surface area (Å²) in [5, 5.41) is 6.03. The molecule has 0 unspecified atom stereocenters. The number of ketones is 1. The van der Waals surface area contributed by atoms with Gasteiger partial charge in [0.1, 0.15) is 0 Å². The largest absolute Gasteiger partial charge is 0.326 e. The lowest BCUT2D eigenvalue weighted by Gasteiger charge is -2.26. The van der Waals surface area contributed by atoms with Crippen LogP contribution in [0.4, 0.5) is 10.8 Å². The number of Topliss-reactive ketones (excluding diaryl/α,β-unsaturated/α-hetero) is 1. The lowest BCUT2D eigenvalue weighted by atomic mass is 9.78. The summed E-state index contributed by atoms with van der Waals surface area (Å²) in [5.74, 6) is -0.936. The van der Waals surface area contributed by atoms with Crippen LogP contribution < -0.4 is 10.6 Å². The molecule has 1 aromatic heterocycles. The molecule has 0 saturated carbocycles. The van der Waals surface area contributed by atoms with E-state index in [1.54, 1.807) is 6.07 Å². The number of para-hydroxylation sites is 1. The number of aromatic nitrogens is 1. The lowest BCUT2D eigenvalue weighted by molar-refractivity contribution is -0.123. The van der Waals surface area contributed by atoms with Gasteiger partial charge in [-0.25, -0.2) is 4.98 Å². The Labute approximate surface area is 155 Å². The summed E-state index contributed by atoms with van der Waals surface area (Å²) < 4.78 is 0. The van der Waals surface area contributed by atoms with Crippen molar-refractivity contribution in [2.75, 3.05) is 10.6 Å². The quantitative estimate of drug-likeness (QED) is 0.850. The van der Waals surface area contributed by atoms with E-state index < -0.39 is 5.92 Å². The van der Waals surface area contributed by atoms with Gasteiger partial charge in [0.15, 0.2) is 10.9 Å². The summed E-state index contributed by atoms with van der Waals surface area (Å²) in [6, 6.07) is 7.30. The number of benzene rings is 1. The minimum Gasteiger partial charge on any atom is -0.326 e. The Morgan fingerprint density at radius 2 is 2.04 bits per heavy atom. The van der Waals surface area contributed by atoms with E-state index in [0.717, 1.165) is 17.7 Å². The molecule has 134 valence electrons. The Bertz CT molecular complexity index is 932. The highest BCUT2D eigenvalue weighted by Crippen LogP contribution is 2.39. The van der Waals surface area contributed by atoms with E-state index in [-0.39, 0.29) is 29.4 Å². The summed E-state index contributed by atoms with van der Waals surface area (Å²) >= 11 is 1.23. The molecule has 1 aromatic carbocycles. The second kappa shape index (κ2) is 6.02. The lowest BCUT2D eigenvalue weighted by Crippen LogP contribution is -2.30. The summed E-state index contributed by atoms with van der Waals surface area (Å²) in [6.45, 7) is 4.09. The average molecular weight is 369 g/mol. The van der Waals surface area contributed by atoms with Gasteiger partial charge in [0.05, 0.1) is 16.5 Å². The maximum absolute atomic E-state index is 12.8. The van der Waals surface area contributed by atoms with Crippen molar-refractivity contribution in [1.82, 2.24) is 4.98 Å². The topological polar surface area (TPSA) is 88.2 Å². The maximum Gasteiger partial charge on any atom is 0.234 e. The SMILES string of the molecule is CC1(C)CC(=O)c2sc(NC(=O)[C@@H]3CC(=O)Nc4ccccc43)nc2C1. The predicted octanol–water partition coefficient (Wildman–Crippen LogP) is 3.36. The minimum absolute atomic E-state index is 0.0802. The number of nitrogens with one attached hydrogen (secondary N) is 2. The molecule has 2 aromatic rings. The number of amides is 2. The highest BCUT2D eigenvalue weighted by molar-refractivity contribution is 7.17. The molecule has 1 atom stereocenters. The van der Waals surface area contributed by atoms with Crippen LogP contribution in [0.25, 0.3) is 0 Å². The number of rotatable bonds is 2. The van der Waals surface area contributed by atoms with E-state index in [0.29, 0.717) is 22.1 Å². The molecule has 2 aliphatic rings. The van der Waals surface area contributed by atoms with Crippen LogP contribution in [0.1, 0.15) is 53.5 Å². The van der Waals surface area contributed by atoms with Crippen molar-refractivity contribution in [3.8, 4) is 0 Å². The van der Waals surface area contributed by atoms with Gasteiger partial charge in [0.25, 0.3) is 0 Å². The van der Waals surface area contributed by atoms with Crippen LogP contribution in [0.2, 0.25) is 0 Å². The zero-order chi connectivity index (χ0) is 18.5. The number of hydrogen-bond acceptors (Lipinski definition) is 5. The van der Waals surface area contributed by atoms with Crippen molar-refractivity contribution in [1.29, 1.82) is 0 Å². The molecule has 0 bridgehead atoms. The number of carbonyl (C=O) groups is 3. The van der Waals surface area contributed by atoms with Crippen molar-refractivity contribution in [2.24, 2.45) is 5.41 Å². The van der Waals surface area contributed by atoms with Gasteiger partial charge in [-0.1, -0.05) is 43.4 Å². The van der Waals surface area contributed by atoms with Gasteiger partial charge >= 0.3 is 0 Å². The van der Waals surface area contributed by atoms with Gasteiger partial charge in [0.2, 0.25) is 11.8 Å². The molecule has 1 aliphatic carbocycles. The standard InChI is InChI=1S/C19H19N3O3S/c1-19(2)8-13-16(14(23)9-19)26-18(21-13)22-17(25)11-7-15(24)20-12-6-4-3-5-10(11)12/h3-6,11H,7-9H2,1-2H3,(H,20,24)(H,21,22,25)/t11-/m1/s1. The molecule has 7 heteroatoms. The third kappa shape index (κ3) is 3.03. The normalized spacial score (nSPS) is 20.8. The molecular weight excluding hydrogens is 350 g/mol. The monoisotopic (exact) mass is 369 g/mol. The summed E-state index contributed by atoms with van der Waals surface area (Å²) in [7, 11) is 0. The number of fused-ring (bicyclic) bond motifs is 2. The molecule has 2 amide bonds. The van der Waals surface area contributed by atoms with Crippen molar-refractivity contribution in [3.63, 3.8) is 0 Å². The Kier molecular flexibility index (Phi) is 3.91. The van der Waals surface area contributed by atoms with Crippen molar-refractivity contribution in [3.05, 3.63) is 40.4 Å². The van der Waals surface area contributed by atoms with E-state index in [9.17, 15) is 14.4 Å². The third-order valence-corrected chi connectivity index (χ3v) is 5.84. The zero-order valence-corrected chi connectivity index (χ0v) is 15.4. The molecule has 2 heterocycles. The molecule has 0 radical (unpaired) electrons. The zero-order valence-electron chi connectivity index (χ0n) is 14.6. The van der Waals surface area contributed by atoms with Crippen LogP contribution in [0.5, 0.6) is 0 Å². The second-order valence-electron chi connectivity index (χ2n) is 7.62. The van der Waals surface area contributed by atoms with Crippen LogP contribution in [0.15, 0.2) is 24.3 Å². The van der Waals surface area contributed by atoms with Crippen LogP contribution in [-0.4, -0.2) is 22.6 Å². The van der Waals surface area contributed by atoms with Crippen molar-refractivity contribution >= 4 is 39.8 Å². The fraction of sp³-hybridized carbons (Fsp3) is 0.368. The fourth-order valence-corrected chi connectivity index (χ4v) is 4.53. The van der Waals surface area contributed by atoms with Crippen LogP contribution >= 0.6 is 11.3 Å².